The van der Waals surface area contributed by atoms with E-state index in [1.54, 1.807) is 0 Å². The number of hydrogen-bond acceptors (Lipinski definition) is 4. The van der Waals surface area contributed by atoms with Crippen molar-refractivity contribution in [3.8, 4) is 0 Å². The molecular formula is C15H23N3O. The van der Waals surface area contributed by atoms with Crippen LogP contribution in [-0.2, 0) is 11.2 Å². The van der Waals surface area contributed by atoms with Crippen molar-refractivity contribution in [2.24, 2.45) is 5.84 Å². The van der Waals surface area contributed by atoms with E-state index in [-0.39, 0.29) is 11.6 Å². The number of ether oxygens (including phenoxy) is 1. The molecule has 0 radical (unpaired) electrons. The summed E-state index contributed by atoms with van der Waals surface area (Å²) in [4.78, 5) is 4.60. The molecule has 2 aliphatic rings. The first-order valence-electron chi connectivity index (χ1n) is 7.26. The molecule has 2 unspecified atom stereocenters. The van der Waals surface area contributed by atoms with Gasteiger partial charge in [-0.05, 0) is 37.3 Å². The zero-order valence-corrected chi connectivity index (χ0v) is 11.6. The van der Waals surface area contributed by atoms with Crippen LogP contribution in [0.5, 0.6) is 0 Å². The molecule has 1 fully saturated rings. The van der Waals surface area contributed by atoms with Crippen LogP contribution in [-0.4, -0.2) is 23.7 Å². The van der Waals surface area contributed by atoms with Gasteiger partial charge < -0.3 is 4.74 Å². The summed E-state index contributed by atoms with van der Waals surface area (Å²) in [5.41, 5.74) is 5.53. The van der Waals surface area contributed by atoms with E-state index in [2.05, 4.69) is 16.5 Å². The number of hydrogen-bond donors (Lipinski definition) is 2. The number of aryl methyl sites for hydroxylation is 1. The van der Waals surface area contributed by atoms with Gasteiger partial charge in [-0.2, -0.15) is 0 Å². The Bertz CT molecular complexity index is 443. The second kappa shape index (κ2) is 5.19. The average molecular weight is 261 g/mol. The van der Waals surface area contributed by atoms with Gasteiger partial charge in [0.2, 0.25) is 0 Å². The lowest BCUT2D eigenvalue weighted by molar-refractivity contribution is -0.0433. The van der Waals surface area contributed by atoms with Gasteiger partial charge in [0.25, 0.3) is 0 Å². The lowest BCUT2D eigenvalue weighted by atomic mass is 9.81. The summed E-state index contributed by atoms with van der Waals surface area (Å²) >= 11 is 0. The minimum atomic E-state index is -0.113. The molecule has 3 rings (SSSR count). The van der Waals surface area contributed by atoms with E-state index in [0.717, 1.165) is 25.7 Å². The second-order valence-corrected chi connectivity index (χ2v) is 5.81. The van der Waals surface area contributed by atoms with Gasteiger partial charge in [-0.25, -0.2) is 0 Å². The quantitative estimate of drug-likeness (QED) is 0.642. The van der Waals surface area contributed by atoms with Crippen LogP contribution in [0.15, 0.2) is 18.3 Å². The maximum Gasteiger partial charge on any atom is 0.0850 e. The molecule has 4 heteroatoms. The van der Waals surface area contributed by atoms with Gasteiger partial charge in [0, 0.05) is 24.9 Å². The highest BCUT2D eigenvalue weighted by Crippen LogP contribution is 2.44. The van der Waals surface area contributed by atoms with Crippen molar-refractivity contribution in [2.45, 2.75) is 56.1 Å². The molecule has 1 saturated carbocycles. The zero-order chi connectivity index (χ0) is 13.3. The predicted octanol–water partition coefficient (Wildman–Crippen LogP) is 1.90. The third-order valence-corrected chi connectivity index (χ3v) is 5.01. The predicted molar refractivity (Wildman–Crippen MR) is 74.6 cm³/mol. The molecule has 104 valence electrons. The molecule has 1 aromatic heterocycles. The van der Waals surface area contributed by atoms with E-state index >= 15 is 0 Å². The summed E-state index contributed by atoms with van der Waals surface area (Å²) in [6.07, 6.45) is 8.76. The maximum absolute atomic E-state index is 5.91. The highest BCUT2D eigenvalue weighted by atomic mass is 16.5. The summed E-state index contributed by atoms with van der Waals surface area (Å²) < 4.78 is 5.91. The van der Waals surface area contributed by atoms with E-state index in [0.29, 0.717) is 5.92 Å². The molecule has 1 aromatic rings. The first kappa shape index (κ1) is 13.0. The molecule has 0 amide bonds. The smallest absolute Gasteiger partial charge is 0.0850 e. The molecular weight excluding hydrogens is 238 g/mol. The van der Waals surface area contributed by atoms with Crippen molar-refractivity contribution < 1.29 is 4.74 Å². The second-order valence-electron chi connectivity index (χ2n) is 5.81. The number of nitrogens with one attached hydrogen (secondary N) is 1. The molecule has 0 saturated heterocycles. The highest BCUT2D eigenvalue weighted by Gasteiger charge is 2.47. The van der Waals surface area contributed by atoms with Crippen LogP contribution < -0.4 is 11.3 Å². The van der Waals surface area contributed by atoms with Gasteiger partial charge in [0.15, 0.2) is 0 Å². The fourth-order valence-electron chi connectivity index (χ4n) is 4.02. The number of pyridine rings is 1. The fourth-order valence-corrected chi connectivity index (χ4v) is 4.02. The molecule has 19 heavy (non-hydrogen) atoms. The summed E-state index contributed by atoms with van der Waals surface area (Å²) in [5.74, 6) is 6.27. The van der Waals surface area contributed by atoms with Crippen molar-refractivity contribution in [3.05, 3.63) is 29.6 Å². The van der Waals surface area contributed by atoms with Crippen molar-refractivity contribution in [1.29, 1.82) is 0 Å². The van der Waals surface area contributed by atoms with Crippen LogP contribution in [0.4, 0.5) is 0 Å². The molecule has 2 aliphatic carbocycles. The number of hydrazine groups is 1. The molecule has 4 nitrogen and oxygen atoms in total. The maximum atomic E-state index is 5.91. The Morgan fingerprint density at radius 1 is 1.47 bits per heavy atom. The Balaban J connectivity index is 1.91. The minimum Gasteiger partial charge on any atom is -0.377 e. The van der Waals surface area contributed by atoms with Crippen LogP contribution in [0.2, 0.25) is 0 Å². The Morgan fingerprint density at radius 3 is 2.95 bits per heavy atom. The largest absolute Gasteiger partial charge is 0.377 e. The van der Waals surface area contributed by atoms with Crippen molar-refractivity contribution >= 4 is 0 Å². The number of nitrogens with zero attached hydrogens (tertiary/aromatic N) is 1. The van der Waals surface area contributed by atoms with E-state index < -0.39 is 0 Å². The topological polar surface area (TPSA) is 60.2 Å². The lowest BCUT2D eigenvalue weighted by Gasteiger charge is -2.39. The number of fused-ring (bicyclic) bond motifs is 1. The number of methoxy groups -OCH3 is 1. The van der Waals surface area contributed by atoms with Gasteiger partial charge in [-0.15, -0.1) is 0 Å². The van der Waals surface area contributed by atoms with Crippen molar-refractivity contribution in [3.63, 3.8) is 0 Å². The Morgan fingerprint density at radius 2 is 2.26 bits per heavy atom. The lowest BCUT2D eigenvalue weighted by Crippen LogP contribution is -2.55. The number of aromatic nitrogens is 1. The molecule has 3 N–H and O–H groups in total. The Kier molecular flexibility index (Phi) is 3.56. The first-order chi connectivity index (χ1) is 9.30. The van der Waals surface area contributed by atoms with Crippen LogP contribution in [0, 0.1) is 0 Å². The Labute approximate surface area is 114 Å². The molecule has 1 heterocycles. The van der Waals surface area contributed by atoms with E-state index in [1.807, 2.05) is 19.4 Å². The third kappa shape index (κ3) is 2.08. The molecule has 0 aliphatic heterocycles. The van der Waals surface area contributed by atoms with E-state index in [4.69, 9.17) is 10.6 Å². The van der Waals surface area contributed by atoms with E-state index in [9.17, 15) is 0 Å². The van der Waals surface area contributed by atoms with Crippen LogP contribution in [0.25, 0.3) is 0 Å². The summed E-state index contributed by atoms with van der Waals surface area (Å²) in [5, 5.41) is 0. The van der Waals surface area contributed by atoms with Crippen molar-refractivity contribution in [1.82, 2.24) is 10.4 Å². The summed E-state index contributed by atoms with van der Waals surface area (Å²) in [6, 6.07) is 4.37. The normalized spacial score (nSPS) is 26.3. The van der Waals surface area contributed by atoms with E-state index in [1.165, 1.54) is 24.1 Å². The first-order valence-corrected chi connectivity index (χ1v) is 7.26. The molecule has 0 aromatic carbocycles. The number of rotatable bonds is 4. The van der Waals surface area contributed by atoms with Crippen LogP contribution >= 0.6 is 0 Å². The van der Waals surface area contributed by atoms with Crippen molar-refractivity contribution in [2.75, 3.05) is 7.11 Å². The monoisotopic (exact) mass is 261 g/mol. The SMILES string of the molecule is COC1(C(NN)C2CCc3cccnc32)CCCC1. The zero-order valence-electron chi connectivity index (χ0n) is 11.6. The Hall–Kier alpha value is -0.970. The minimum absolute atomic E-state index is 0.113. The third-order valence-electron chi connectivity index (χ3n) is 5.01. The van der Waals surface area contributed by atoms with Gasteiger partial charge >= 0.3 is 0 Å². The molecule has 0 bridgehead atoms. The van der Waals surface area contributed by atoms with Crippen LogP contribution in [0.1, 0.15) is 49.3 Å². The standard InChI is InChI=1S/C15H23N3O/c1-19-15(8-2-3-9-15)14(18-16)12-7-6-11-5-4-10-17-13(11)12/h4-5,10,12,14,18H,2-3,6-9,16H2,1H3. The highest BCUT2D eigenvalue weighted by molar-refractivity contribution is 5.31. The van der Waals surface area contributed by atoms with Crippen LogP contribution in [0.3, 0.4) is 0 Å². The fraction of sp³-hybridized carbons (Fsp3) is 0.667. The van der Waals surface area contributed by atoms with Gasteiger partial charge in [-0.3, -0.25) is 16.3 Å². The van der Waals surface area contributed by atoms with Gasteiger partial charge in [0.1, 0.15) is 0 Å². The summed E-state index contributed by atoms with van der Waals surface area (Å²) in [7, 11) is 1.82. The average Bonchev–Trinajstić information content (AvgIpc) is 3.08. The van der Waals surface area contributed by atoms with Gasteiger partial charge in [-0.1, -0.05) is 18.9 Å². The van der Waals surface area contributed by atoms with Gasteiger partial charge in [0.05, 0.1) is 11.6 Å². The molecule has 0 spiro atoms. The molecule has 2 atom stereocenters. The summed E-state index contributed by atoms with van der Waals surface area (Å²) in [6.45, 7) is 0. The number of nitrogens with two attached hydrogens (primary N) is 1.